The number of amides is 1. The summed E-state index contributed by atoms with van der Waals surface area (Å²) in [6, 6.07) is 15.3. The molecule has 1 fully saturated rings. The number of fused-ring (bicyclic) bond motifs is 1. The molecule has 4 rings (SSSR count). The molecule has 33 heavy (non-hydrogen) atoms. The Hall–Kier alpha value is -3.67. The maximum Gasteiger partial charge on any atom is 0.336 e. The number of hydrogen-bond donors (Lipinski definition) is 2. The van der Waals surface area contributed by atoms with Crippen molar-refractivity contribution in [1.82, 2.24) is 9.88 Å². The molecule has 0 spiro atoms. The van der Waals surface area contributed by atoms with Crippen LogP contribution < -0.4 is 10.2 Å². The topological polar surface area (TPSA) is 110 Å². The van der Waals surface area contributed by atoms with Gasteiger partial charge in [0.15, 0.2) is 0 Å². The number of nitriles is 1. The van der Waals surface area contributed by atoms with Crippen molar-refractivity contribution >= 4 is 45.9 Å². The van der Waals surface area contributed by atoms with E-state index >= 15 is 0 Å². The summed E-state index contributed by atoms with van der Waals surface area (Å²) in [5.74, 6) is -0.767. The van der Waals surface area contributed by atoms with Gasteiger partial charge < -0.3 is 15.3 Å². The Labute approximate surface area is 196 Å². The largest absolute Gasteiger partial charge is 0.478 e. The summed E-state index contributed by atoms with van der Waals surface area (Å²) in [7, 11) is 0. The number of carbonyl (C=O) groups excluding carboxylic acids is 1. The van der Waals surface area contributed by atoms with Crippen molar-refractivity contribution in [2.45, 2.75) is 6.42 Å². The number of aromatic nitrogens is 1. The summed E-state index contributed by atoms with van der Waals surface area (Å²) in [6.45, 7) is 3.73. The van der Waals surface area contributed by atoms with Gasteiger partial charge in [-0.3, -0.25) is 9.69 Å². The number of piperazine rings is 1. The van der Waals surface area contributed by atoms with Gasteiger partial charge in [-0.1, -0.05) is 11.6 Å². The maximum absolute atomic E-state index is 12.5. The van der Waals surface area contributed by atoms with E-state index in [-0.39, 0.29) is 11.5 Å². The molecule has 1 aliphatic heterocycles. The standard InChI is InChI=1S/C24H22ClN5O3/c25-17-4-2-16(3-5-17)23(31)27-18-6-7-21-19(14-18)20(24(32)33)15-22(28-21)30-12-10-29(11-13-30)9-1-8-26/h2-7,14-15H,1,9-13H2,(H,27,31)(H,32,33). The molecular formula is C24H22ClN5O3. The smallest absolute Gasteiger partial charge is 0.336 e. The van der Waals surface area contributed by atoms with Crippen LogP contribution >= 0.6 is 11.6 Å². The number of halogens is 1. The summed E-state index contributed by atoms with van der Waals surface area (Å²) in [5, 5.41) is 22.4. The van der Waals surface area contributed by atoms with E-state index in [0.29, 0.717) is 52.5 Å². The number of rotatable bonds is 6. The van der Waals surface area contributed by atoms with Gasteiger partial charge in [0.2, 0.25) is 0 Å². The molecule has 0 aliphatic carbocycles. The first-order valence-corrected chi connectivity index (χ1v) is 10.9. The van der Waals surface area contributed by atoms with Crippen LogP contribution in [0.15, 0.2) is 48.5 Å². The van der Waals surface area contributed by atoms with Crippen molar-refractivity contribution in [3.8, 4) is 6.07 Å². The highest BCUT2D eigenvalue weighted by molar-refractivity contribution is 6.30. The van der Waals surface area contributed by atoms with E-state index in [1.807, 2.05) is 0 Å². The first kappa shape index (κ1) is 22.5. The third kappa shape index (κ3) is 5.22. The molecule has 1 saturated heterocycles. The zero-order valence-electron chi connectivity index (χ0n) is 17.8. The molecule has 9 heteroatoms. The minimum Gasteiger partial charge on any atom is -0.478 e. The van der Waals surface area contributed by atoms with Crippen molar-refractivity contribution in [3.63, 3.8) is 0 Å². The lowest BCUT2D eigenvalue weighted by molar-refractivity contribution is 0.0698. The lowest BCUT2D eigenvalue weighted by Gasteiger charge is -2.35. The first-order chi connectivity index (χ1) is 15.9. The van der Waals surface area contributed by atoms with E-state index in [0.717, 1.165) is 19.6 Å². The van der Waals surface area contributed by atoms with Gasteiger partial charge in [-0.25, -0.2) is 9.78 Å². The molecule has 8 nitrogen and oxygen atoms in total. The molecule has 1 aromatic heterocycles. The van der Waals surface area contributed by atoms with E-state index in [1.165, 1.54) is 0 Å². The van der Waals surface area contributed by atoms with Crippen molar-refractivity contribution in [3.05, 3.63) is 64.7 Å². The fraction of sp³-hybridized carbons (Fsp3) is 0.250. The minimum absolute atomic E-state index is 0.129. The SMILES string of the molecule is N#CCCN1CCN(c2cc(C(=O)O)c3cc(NC(=O)c4ccc(Cl)cc4)ccc3n2)CC1. The summed E-state index contributed by atoms with van der Waals surface area (Å²) in [6.07, 6.45) is 0.494. The molecule has 2 aromatic carbocycles. The molecular weight excluding hydrogens is 442 g/mol. The molecule has 0 radical (unpaired) electrons. The predicted molar refractivity (Wildman–Crippen MR) is 127 cm³/mol. The van der Waals surface area contributed by atoms with Crippen molar-refractivity contribution in [2.75, 3.05) is 42.9 Å². The van der Waals surface area contributed by atoms with Gasteiger partial charge in [0.1, 0.15) is 5.82 Å². The fourth-order valence-electron chi connectivity index (χ4n) is 3.84. The Bertz CT molecular complexity index is 1230. The number of pyridine rings is 1. The lowest BCUT2D eigenvalue weighted by Crippen LogP contribution is -2.46. The first-order valence-electron chi connectivity index (χ1n) is 10.5. The zero-order valence-corrected chi connectivity index (χ0v) is 18.5. The molecule has 1 amide bonds. The molecule has 3 aromatic rings. The van der Waals surface area contributed by atoms with Crippen molar-refractivity contribution in [1.29, 1.82) is 5.26 Å². The van der Waals surface area contributed by atoms with E-state index in [1.54, 1.807) is 48.5 Å². The fourth-order valence-corrected chi connectivity index (χ4v) is 3.97. The van der Waals surface area contributed by atoms with Crippen LogP contribution in [0, 0.1) is 11.3 Å². The van der Waals surface area contributed by atoms with Gasteiger partial charge in [-0.05, 0) is 48.5 Å². The van der Waals surface area contributed by atoms with Gasteiger partial charge in [0.25, 0.3) is 5.91 Å². The number of benzene rings is 2. The zero-order chi connectivity index (χ0) is 23.4. The highest BCUT2D eigenvalue weighted by Crippen LogP contribution is 2.27. The normalized spacial score (nSPS) is 14.1. The Morgan fingerprint density at radius 3 is 2.48 bits per heavy atom. The van der Waals surface area contributed by atoms with Crippen LogP contribution in [-0.2, 0) is 0 Å². The average Bonchev–Trinajstić information content (AvgIpc) is 2.82. The number of anilines is 2. The Kier molecular flexibility index (Phi) is 6.73. The number of hydrogen-bond acceptors (Lipinski definition) is 6. The van der Waals surface area contributed by atoms with Gasteiger partial charge in [0, 0.05) is 60.8 Å². The van der Waals surface area contributed by atoms with Crippen LogP contribution in [0.25, 0.3) is 10.9 Å². The molecule has 1 aliphatic rings. The molecule has 168 valence electrons. The second-order valence-electron chi connectivity index (χ2n) is 7.76. The number of nitrogens with zero attached hydrogens (tertiary/aromatic N) is 4. The Balaban J connectivity index is 1.57. The summed E-state index contributed by atoms with van der Waals surface area (Å²) in [5.41, 5.74) is 1.59. The van der Waals surface area contributed by atoms with Crippen LogP contribution in [-0.4, -0.2) is 59.6 Å². The third-order valence-corrected chi connectivity index (χ3v) is 5.88. The summed E-state index contributed by atoms with van der Waals surface area (Å²) in [4.78, 5) is 33.5. The van der Waals surface area contributed by atoms with Gasteiger partial charge >= 0.3 is 5.97 Å². The molecule has 0 bridgehead atoms. The number of carboxylic acid groups (broad SMARTS) is 1. The van der Waals surface area contributed by atoms with Crippen LogP contribution in [0.5, 0.6) is 0 Å². The Morgan fingerprint density at radius 1 is 1.09 bits per heavy atom. The molecule has 2 N–H and O–H groups in total. The summed E-state index contributed by atoms with van der Waals surface area (Å²) < 4.78 is 0. The highest BCUT2D eigenvalue weighted by Gasteiger charge is 2.21. The monoisotopic (exact) mass is 463 g/mol. The van der Waals surface area contributed by atoms with Gasteiger partial charge in [-0.2, -0.15) is 5.26 Å². The average molecular weight is 464 g/mol. The lowest BCUT2D eigenvalue weighted by atomic mass is 10.1. The minimum atomic E-state index is -1.06. The highest BCUT2D eigenvalue weighted by atomic mass is 35.5. The number of carbonyl (C=O) groups is 2. The molecule has 0 saturated carbocycles. The van der Waals surface area contributed by atoms with E-state index in [4.69, 9.17) is 16.9 Å². The van der Waals surface area contributed by atoms with E-state index in [9.17, 15) is 14.7 Å². The van der Waals surface area contributed by atoms with Crippen molar-refractivity contribution in [2.24, 2.45) is 0 Å². The number of aromatic carboxylic acids is 1. The maximum atomic E-state index is 12.5. The van der Waals surface area contributed by atoms with E-state index < -0.39 is 5.97 Å². The quantitative estimate of drug-likeness (QED) is 0.570. The van der Waals surface area contributed by atoms with Crippen LogP contribution in [0.4, 0.5) is 11.5 Å². The van der Waals surface area contributed by atoms with Crippen molar-refractivity contribution < 1.29 is 14.7 Å². The molecule has 0 atom stereocenters. The van der Waals surface area contributed by atoms with Crippen LogP contribution in [0.2, 0.25) is 5.02 Å². The number of carboxylic acids is 1. The molecule has 2 heterocycles. The second kappa shape index (κ2) is 9.86. The summed E-state index contributed by atoms with van der Waals surface area (Å²) >= 11 is 5.87. The predicted octanol–water partition coefficient (Wildman–Crippen LogP) is 3.87. The molecule has 0 unspecified atom stereocenters. The van der Waals surface area contributed by atoms with Gasteiger partial charge in [0.05, 0.1) is 17.1 Å². The second-order valence-corrected chi connectivity index (χ2v) is 8.20. The number of nitrogens with one attached hydrogen (secondary N) is 1. The van der Waals surface area contributed by atoms with E-state index in [2.05, 4.69) is 26.2 Å². The van der Waals surface area contributed by atoms with Crippen LogP contribution in [0.3, 0.4) is 0 Å². The van der Waals surface area contributed by atoms with Crippen LogP contribution in [0.1, 0.15) is 27.1 Å². The van der Waals surface area contributed by atoms with Gasteiger partial charge in [-0.15, -0.1) is 0 Å². The Morgan fingerprint density at radius 2 is 1.82 bits per heavy atom. The third-order valence-electron chi connectivity index (χ3n) is 5.63.